The number of carboxylic acid groups (broad SMARTS) is 1. The van der Waals surface area contributed by atoms with Crippen LogP contribution < -0.4 is 4.74 Å². The standard InChI is InChI=1S/C15H13ClO3/c1-9-3-5-11(12(7-9)15(17)18)10-4-6-13(16)14(8-10)19-2/h3-8H,1-2H3,(H,17,18). The molecule has 2 aromatic rings. The molecule has 0 aromatic heterocycles. The van der Waals surface area contributed by atoms with Crippen LogP contribution in [0.5, 0.6) is 5.75 Å². The molecule has 0 aliphatic rings. The molecule has 0 fully saturated rings. The number of hydrogen-bond donors (Lipinski definition) is 1. The first-order chi connectivity index (χ1) is 9.02. The average molecular weight is 277 g/mol. The Labute approximate surface area is 116 Å². The van der Waals surface area contributed by atoms with Crippen molar-refractivity contribution in [3.63, 3.8) is 0 Å². The summed E-state index contributed by atoms with van der Waals surface area (Å²) >= 11 is 5.97. The summed E-state index contributed by atoms with van der Waals surface area (Å²) in [6.07, 6.45) is 0. The lowest BCUT2D eigenvalue weighted by atomic mass is 9.97. The molecule has 0 saturated carbocycles. The molecule has 1 N–H and O–H groups in total. The average Bonchev–Trinajstić information content (AvgIpc) is 2.39. The van der Waals surface area contributed by atoms with E-state index in [2.05, 4.69) is 0 Å². The maximum Gasteiger partial charge on any atom is 0.336 e. The monoisotopic (exact) mass is 276 g/mol. The third-order valence-corrected chi connectivity index (χ3v) is 3.18. The number of carboxylic acids is 1. The van der Waals surface area contributed by atoms with Crippen molar-refractivity contribution in [3.05, 3.63) is 52.5 Å². The van der Waals surface area contributed by atoms with E-state index in [1.807, 2.05) is 13.0 Å². The SMILES string of the molecule is COc1cc(-c2ccc(C)cc2C(=O)O)ccc1Cl. The molecule has 0 aliphatic carbocycles. The molecule has 19 heavy (non-hydrogen) atoms. The van der Waals surface area contributed by atoms with Crippen LogP contribution >= 0.6 is 11.6 Å². The number of ether oxygens (including phenoxy) is 1. The summed E-state index contributed by atoms with van der Waals surface area (Å²) < 4.78 is 5.15. The molecule has 0 spiro atoms. The van der Waals surface area contributed by atoms with Gasteiger partial charge >= 0.3 is 5.97 Å². The molecule has 0 amide bonds. The second-order valence-electron chi connectivity index (χ2n) is 4.20. The molecule has 0 atom stereocenters. The summed E-state index contributed by atoms with van der Waals surface area (Å²) in [5, 5.41) is 9.77. The summed E-state index contributed by atoms with van der Waals surface area (Å²) in [5.74, 6) is -0.427. The number of methoxy groups -OCH3 is 1. The second-order valence-corrected chi connectivity index (χ2v) is 4.61. The largest absolute Gasteiger partial charge is 0.495 e. The second kappa shape index (κ2) is 5.33. The van der Waals surface area contributed by atoms with Gasteiger partial charge in [0.15, 0.2) is 0 Å². The Morgan fingerprint density at radius 2 is 1.95 bits per heavy atom. The Hall–Kier alpha value is -2.00. The molecule has 0 radical (unpaired) electrons. The van der Waals surface area contributed by atoms with Crippen LogP contribution in [0.4, 0.5) is 0 Å². The Morgan fingerprint density at radius 1 is 1.21 bits per heavy atom. The fraction of sp³-hybridized carbons (Fsp3) is 0.133. The minimum Gasteiger partial charge on any atom is -0.495 e. The summed E-state index contributed by atoms with van der Waals surface area (Å²) in [5.41, 5.74) is 2.58. The highest BCUT2D eigenvalue weighted by Crippen LogP contribution is 2.32. The molecular formula is C15H13ClO3. The van der Waals surface area contributed by atoms with Gasteiger partial charge in [0.25, 0.3) is 0 Å². The topological polar surface area (TPSA) is 46.5 Å². The highest BCUT2D eigenvalue weighted by molar-refractivity contribution is 6.32. The quantitative estimate of drug-likeness (QED) is 0.921. The fourth-order valence-electron chi connectivity index (χ4n) is 1.91. The van der Waals surface area contributed by atoms with Crippen molar-refractivity contribution in [3.8, 4) is 16.9 Å². The lowest BCUT2D eigenvalue weighted by Gasteiger charge is -2.10. The Kier molecular flexibility index (Phi) is 3.76. The third-order valence-electron chi connectivity index (χ3n) is 2.87. The van der Waals surface area contributed by atoms with Gasteiger partial charge in [0.1, 0.15) is 5.75 Å². The van der Waals surface area contributed by atoms with E-state index in [9.17, 15) is 9.90 Å². The van der Waals surface area contributed by atoms with Crippen molar-refractivity contribution in [1.82, 2.24) is 0 Å². The van der Waals surface area contributed by atoms with Gasteiger partial charge in [-0.05, 0) is 36.2 Å². The molecule has 0 heterocycles. The molecule has 0 unspecified atom stereocenters. The van der Waals surface area contributed by atoms with Gasteiger partial charge in [0.05, 0.1) is 17.7 Å². The van der Waals surface area contributed by atoms with Crippen molar-refractivity contribution in [2.24, 2.45) is 0 Å². The number of benzene rings is 2. The van der Waals surface area contributed by atoms with Crippen molar-refractivity contribution >= 4 is 17.6 Å². The highest BCUT2D eigenvalue weighted by atomic mass is 35.5. The summed E-state index contributed by atoms with van der Waals surface area (Å²) in [6, 6.07) is 10.5. The first-order valence-electron chi connectivity index (χ1n) is 5.71. The van der Waals surface area contributed by atoms with Crippen molar-refractivity contribution < 1.29 is 14.6 Å². The number of carbonyl (C=O) groups is 1. The predicted molar refractivity (Wildman–Crippen MR) is 75.1 cm³/mol. The first-order valence-corrected chi connectivity index (χ1v) is 6.08. The van der Waals surface area contributed by atoms with Gasteiger partial charge in [-0.3, -0.25) is 0 Å². The van der Waals surface area contributed by atoms with Gasteiger partial charge in [-0.1, -0.05) is 35.4 Å². The van der Waals surface area contributed by atoms with Gasteiger partial charge in [-0.15, -0.1) is 0 Å². The maximum absolute atomic E-state index is 11.3. The van der Waals surface area contributed by atoms with Gasteiger partial charge in [-0.2, -0.15) is 0 Å². The van der Waals surface area contributed by atoms with Crippen LogP contribution in [0.2, 0.25) is 5.02 Å². The van der Waals surface area contributed by atoms with Gasteiger partial charge in [0, 0.05) is 0 Å². The number of aryl methyl sites for hydroxylation is 1. The minimum absolute atomic E-state index is 0.268. The van der Waals surface area contributed by atoms with Crippen LogP contribution in [0.1, 0.15) is 15.9 Å². The van der Waals surface area contributed by atoms with Crippen LogP contribution in [0.15, 0.2) is 36.4 Å². The highest BCUT2D eigenvalue weighted by Gasteiger charge is 2.13. The molecule has 0 aliphatic heterocycles. The summed E-state index contributed by atoms with van der Waals surface area (Å²) in [4.78, 5) is 11.3. The lowest BCUT2D eigenvalue weighted by molar-refractivity contribution is 0.0697. The van der Waals surface area contributed by atoms with Gasteiger partial charge in [0.2, 0.25) is 0 Å². The first kappa shape index (κ1) is 13.4. The summed E-state index contributed by atoms with van der Waals surface area (Å²) in [6.45, 7) is 1.86. The van der Waals surface area contributed by atoms with E-state index in [1.165, 1.54) is 7.11 Å². The molecule has 2 rings (SSSR count). The van der Waals surface area contributed by atoms with E-state index in [-0.39, 0.29) is 5.56 Å². The lowest BCUT2D eigenvalue weighted by Crippen LogP contribution is -2.00. The molecule has 3 nitrogen and oxygen atoms in total. The van der Waals surface area contributed by atoms with Crippen LogP contribution in [0, 0.1) is 6.92 Å². The van der Waals surface area contributed by atoms with Crippen LogP contribution in [0.3, 0.4) is 0 Å². The number of halogens is 1. The molecule has 98 valence electrons. The van der Waals surface area contributed by atoms with Crippen molar-refractivity contribution in [2.75, 3.05) is 7.11 Å². The Bertz CT molecular complexity index is 635. The predicted octanol–water partition coefficient (Wildman–Crippen LogP) is 4.02. The fourth-order valence-corrected chi connectivity index (χ4v) is 2.11. The minimum atomic E-state index is -0.951. The Balaban J connectivity index is 2.61. The van der Waals surface area contributed by atoms with E-state index >= 15 is 0 Å². The van der Waals surface area contributed by atoms with E-state index in [0.29, 0.717) is 16.3 Å². The zero-order chi connectivity index (χ0) is 14.0. The number of aromatic carboxylic acids is 1. The van der Waals surface area contributed by atoms with Crippen molar-refractivity contribution in [2.45, 2.75) is 6.92 Å². The zero-order valence-electron chi connectivity index (χ0n) is 10.6. The number of rotatable bonds is 3. The van der Waals surface area contributed by atoms with Gasteiger partial charge in [-0.25, -0.2) is 4.79 Å². The van der Waals surface area contributed by atoms with Crippen LogP contribution in [0.25, 0.3) is 11.1 Å². The van der Waals surface area contributed by atoms with E-state index in [4.69, 9.17) is 16.3 Å². The molecule has 0 bridgehead atoms. The van der Waals surface area contributed by atoms with E-state index in [0.717, 1.165) is 11.1 Å². The summed E-state index contributed by atoms with van der Waals surface area (Å²) in [7, 11) is 1.53. The van der Waals surface area contributed by atoms with Gasteiger partial charge < -0.3 is 9.84 Å². The maximum atomic E-state index is 11.3. The van der Waals surface area contributed by atoms with Crippen LogP contribution in [-0.4, -0.2) is 18.2 Å². The molecular weight excluding hydrogens is 264 g/mol. The van der Waals surface area contributed by atoms with Crippen molar-refractivity contribution in [1.29, 1.82) is 0 Å². The zero-order valence-corrected chi connectivity index (χ0v) is 11.4. The third kappa shape index (κ3) is 2.71. The smallest absolute Gasteiger partial charge is 0.336 e. The van der Waals surface area contributed by atoms with E-state index in [1.54, 1.807) is 30.3 Å². The molecule has 0 saturated heterocycles. The normalized spacial score (nSPS) is 10.3. The molecule has 2 aromatic carbocycles. The van der Waals surface area contributed by atoms with Crippen LogP contribution in [-0.2, 0) is 0 Å². The van der Waals surface area contributed by atoms with E-state index < -0.39 is 5.97 Å². The molecule has 4 heteroatoms. The Morgan fingerprint density at radius 3 is 2.58 bits per heavy atom. The number of hydrogen-bond acceptors (Lipinski definition) is 2.